The van der Waals surface area contributed by atoms with Gasteiger partial charge in [0.2, 0.25) is 0 Å². The van der Waals surface area contributed by atoms with Gasteiger partial charge in [-0.15, -0.1) is 0 Å². The molecule has 2 aromatic heterocycles. The molecule has 0 amide bonds. The lowest BCUT2D eigenvalue weighted by Crippen LogP contribution is -2.35. The highest BCUT2D eigenvalue weighted by molar-refractivity contribution is 8.03. The molecule has 0 unspecified atom stereocenters. The van der Waals surface area contributed by atoms with E-state index in [9.17, 15) is 25.9 Å². The van der Waals surface area contributed by atoms with Crippen molar-refractivity contribution < 1.29 is 35.2 Å². The molecular formula is C30H34N2O7S5. The smallest absolute Gasteiger partial charge is 0.280 e. The van der Waals surface area contributed by atoms with Crippen LogP contribution in [0.1, 0.15) is 41.6 Å². The first-order chi connectivity index (χ1) is 20.8. The molecule has 1 aliphatic heterocycles. The second kappa shape index (κ2) is 13.1. The third-order valence-electron chi connectivity index (χ3n) is 7.53. The van der Waals surface area contributed by atoms with Crippen LogP contribution in [0.4, 0.5) is 5.69 Å². The normalized spacial score (nSPS) is 15.2. The van der Waals surface area contributed by atoms with Gasteiger partial charge >= 0.3 is 0 Å². The van der Waals surface area contributed by atoms with Crippen LogP contribution in [0.5, 0.6) is 5.75 Å². The zero-order chi connectivity index (χ0) is 31.8. The number of anilines is 1. The summed E-state index contributed by atoms with van der Waals surface area (Å²) in [4.78, 5) is 5.37. The minimum absolute atomic E-state index is 0.183. The first-order valence-electron chi connectivity index (χ1n) is 14.1. The zero-order valence-corrected chi connectivity index (χ0v) is 28.9. The number of thiazole rings is 1. The Bertz CT molecular complexity index is 2010. The van der Waals surface area contributed by atoms with Crippen LogP contribution in [-0.4, -0.2) is 51.1 Å². The quantitative estimate of drug-likeness (QED) is 0.131. The summed E-state index contributed by atoms with van der Waals surface area (Å²) in [6, 6.07) is 9.91. The Morgan fingerprint density at radius 1 is 1.09 bits per heavy atom. The van der Waals surface area contributed by atoms with E-state index in [0.29, 0.717) is 19.5 Å². The SMILES string of the molecule is CCC(/C=C1\Sc2cc(OC)c3ccccc3c2N1CCCS(=O)(=O)[O-])=C\c1sc2c(C)c(C)sc2[n+]1CCCS(=O)(=O)O. The van der Waals surface area contributed by atoms with E-state index >= 15 is 0 Å². The molecule has 236 valence electrons. The van der Waals surface area contributed by atoms with Gasteiger partial charge in [0.25, 0.3) is 20.0 Å². The van der Waals surface area contributed by atoms with Gasteiger partial charge in [0.15, 0.2) is 6.54 Å². The van der Waals surface area contributed by atoms with Crippen LogP contribution in [-0.2, 0) is 26.8 Å². The first kappa shape index (κ1) is 32.9. The first-order valence-corrected chi connectivity index (χ1v) is 19.7. The van der Waals surface area contributed by atoms with Gasteiger partial charge in [-0.1, -0.05) is 65.6 Å². The Hall–Kier alpha value is -2.46. The Morgan fingerprint density at radius 3 is 2.48 bits per heavy atom. The van der Waals surface area contributed by atoms with Crippen LogP contribution in [0, 0.1) is 13.8 Å². The highest BCUT2D eigenvalue weighted by Gasteiger charge is 2.30. The molecule has 0 atom stereocenters. The fraction of sp³-hybridized carbons (Fsp3) is 0.367. The summed E-state index contributed by atoms with van der Waals surface area (Å²) in [5, 5.41) is 3.82. The standard InChI is InChI=1S/C30H34N2O7S5/c1-5-21(17-27-32(13-9-15-44(36,37)38)30-29(42-27)19(2)20(3)40-30)16-26-31(12-8-14-43(33,34)35)28-23-11-7-6-10-22(23)24(39-4)18-25(28)41-26/h6-7,10-11,16-18H,5,8-9,12-15H2,1-4H3,(H-,33,34,35,36,37,38). The fourth-order valence-electron chi connectivity index (χ4n) is 5.27. The van der Waals surface area contributed by atoms with E-state index in [1.54, 1.807) is 41.5 Å². The number of thioether (sulfide) groups is 1. The summed E-state index contributed by atoms with van der Waals surface area (Å²) in [6.07, 6.45) is 5.40. The Morgan fingerprint density at radius 2 is 1.82 bits per heavy atom. The number of aryl methyl sites for hydroxylation is 3. The van der Waals surface area contributed by atoms with Gasteiger partial charge in [-0.2, -0.15) is 13.0 Å². The lowest BCUT2D eigenvalue weighted by molar-refractivity contribution is -0.666. The molecule has 4 aromatic rings. The van der Waals surface area contributed by atoms with E-state index in [2.05, 4.69) is 42.4 Å². The number of hydrogen-bond acceptors (Lipinski definition) is 10. The molecule has 14 heteroatoms. The van der Waals surface area contributed by atoms with Gasteiger partial charge in [0, 0.05) is 45.3 Å². The van der Waals surface area contributed by atoms with E-state index in [1.807, 2.05) is 30.3 Å². The third kappa shape index (κ3) is 7.16. The molecule has 1 aliphatic rings. The number of hydrogen-bond donors (Lipinski definition) is 1. The van der Waals surface area contributed by atoms with Gasteiger partial charge in [0.05, 0.1) is 33.7 Å². The predicted molar refractivity (Wildman–Crippen MR) is 180 cm³/mol. The molecule has 44 heavy (non-hydrogen) atoms. The maximum atomic E-state index is 11.4. The molecule has 0 fully saturated rings. The summed E-state index contributed by atoms with van der Waals surface area (Å²) in [5.41, 5.74) is 3.20. The molecule has 2 aromatic carbocycles. The molecule has 5 rings (SSSR count). The third-order valence-corrected chi connectivity index (χ3v) is 12.8. The monoisotopic (exact) mass is 694 g/mol. The summed E-state index contributed by atoms with van der Waals surface area (Å²) < 4.78 is 75.5. The van der Waals surface area contributed by atoms with E-state index < -0.39 is 26.0 Å². The second-order valence-corrected chi connectivity index (χ2v) is 16.9. The molecule has 1 N–H and O–H groups in total. The van der Waals surface area contributed by atoms with Crippen molar-refractivity contribution in [2.45, 2.75) is 51.5 Å². The number of rotatable bonds is 12. The van der Waals surface area contributed by atoms with E-state index in [4.69, 9.17) is 4.74 Å². The van der Waals surface area contributed by atoms with Crippen LogP contribution >= 0.6 is 34.4 Å². The number of nitrogens with zero attached hydrogens (tertiary/aromatic N) is 2. The molecular weight excluding hydrogens is 661 g/mol. The predicted octanol–water partition coefficient (Wildman–Crippen LogP) is 6.49. The maximum Gasteiger partial charge on any atom is 0.280 e. The van der Waals surface area contributed by atoms with Crippen LogP contribution in [0.2, 0.25) is 0 Å². The second-order valence-electron chi connectivity index (χ2n) is 10.5. The minimum atomic E-state index is -4.36. The summed E-state index contributed by atoms with van der Waals surface area (Å²) in [5.74, 6) is -0.0125. The molecule has 9 nitrogen and oxygen atoms in total. The molecule has 0 bridgehead atoms. The molecule has 0 saturated heterocycles. The topological polar surface area (TPSA) is 128 Å². The van der Waals surface area contributed by atoms with Crippen molar-refractivity contribution in [1.82, 2.24) is 0 Å². The lowest BCUT2D eigenvalue weighted by Gasteiger charge is -2.23. The van der Waals surface area contributed by atoms with Crippen LogP contribution in [0.25, 0.3) is 26.4 Å². The molecule has 0 saturated carbocycles. The molecule has 0 aliphatic carbocycles. The maximum absolute atomic E-state index is 11.4. The summed E-state index contributed by atoms with van der Waals surface area (Å²) in [7, 11) is -6.78. The fourth-order valence-corrected chi connectivity index (χ4v) is 10.1. The number of thiophene rings is 1. The minimum Gasteiger partial charge on any atom is -0.748 e. The van der Waals surface area contributed by atoms with Gasteiger partial charge in [0.1, 0.15) is 10.4 Å². The van der Waals surface area contributed by atoms with Gasteiger partial charge in [-0.25, -0.2) is 8.42 Å². The Balaban J connectivity index is 1.58. The van der Waals surface area contributed by atoms with Gasteiger partial charge in [-0.3, -0.25) is 4.55 Å². The van der Waals surface area contributed by atoms with Crippen molar-refractivity contribution in [3.8, 4) is 5.75 Å². The van der Waals surface area contributed by atoms with E-state index in [-0.39, 0.29) is 18.6 Å². The van der Waals surface area contributed by atoms with Crippen LogP contribution in [0.3, 0.4) is 0 Å². The van der Waals surface area contributed by atoms with Crippen LogP contribution in [0.15, 0.2) is 51.9 Å². The average Bonchev–Trinajstić information content (AvgIpc) is 3.56. The van der Waals surface area contributed by atoms with Crippen molar-refractivity contribution >= 4 is 86.7 Å². The summed E-state index contributed by atoms with van der Waals surface area (Å²) >= 11 is 4.91. The van der Waals surface area contributed by atoms with Crippen molar-refractivity contribution in [2.24, 2.45) is 0 Å². The van der Waals surface area contributed by atoms with Crippen molar-refractivity contribution in [3.63, 3.8) is 0 Å². The van der Waals surface area contributed by atoms with E-state index in [1.165, 1.54) is 10.4 Å². The van der Waals surface area contributed by atoms with Crippen molar-refractivity contribution in [1.29, 1.82) is 0 Å². The number of benzene rings is 2. The average molecular weight is 695 g/mol. The number of ether oxygens (including phenoxy) is 1. The van der Waals surface area contributed by atoms with Crippen molar-refractivity contribution in [3.05, 3.63) is 62.5 Å². The number of methoxy groups -OCH3 is 1. The van der Waals surface area contributed by atoms with Gasteiger partial charge in [-0.05, 0) is 50.0 Å². The number of aromatic nitrogens is 1. The largest absolute Gasteiger partial charge is 0.748 e. The molecule has 3 heterocycles. The summed E-state index contributed by atoms with van der Waals surface area (Å²) in [6.45, 7) is 7.03. The highest BCUT2D eigenvalue weighted by atomic mass is 32.2. The van der Waals surface area contributed by atoms with Gasteiger partial charge < -0.3 is 14.2 Å². The Labute approximate surface area is 270 Å². The highest BCUT2D eigenvalue weighted by Crippen LogP contribution is 2.52. The number of fused-ring (bicyclic) bond motifs is 4. The lowest BCUT2D eigenvalue weighted by atomic mass is 10.1. The zero-order valence-electron chi connectivity index (χ0n) is 24.8. The van der Waals surface area contributed by atoms with Crippen LogP contribution < -0.4 is 14.2 Å². The van der Waals surface area contributed by atoms with Crippen molar-refractivity contribution in [2.75, 3.05) is 30.1 Å². The van der Waals surface area contributed by atoms with E-state index in [0.717, 1.165) is 52.2 Å². The number of allylic oxidation sites excluding steroid dienone is 2. The Kier molecular flexibility index (Phi) is 9.81. The molecule has 0 spiro atoms. The molecule has 0 radical (unpaired) electrons.